The fourth-order valence-corrected chi connectivity index (χ4v) is 2.09. The molecule has 6 nitrogen and oxygen atoms in total. The lowest BCUT2D eigenvalue weighted by molar-refractivity contribution is -0.146. The number of rotatable bonds is 8. The van der Waals surface area contributed by atoms with Gasteiger partial charge in [-0.1, -0.05) is 24.3 Å². The molecule has 0 fully saturated rings. The molecule has 136 valence electrons. The van der Waals surface area contributed by atoms with Crippen molar-refractivity contribution in [3.8, 4) is 17.2 Å². The lowest BCUT2D eigenvalue weighted by atomic mass is 10.1. The van der Waals surface area contributed by atoms with Crippen molar-refractivity contribution in [2.75, 3.05) is 13.2 Å². The number of benzene rings is 2. The van der Waals surface area contributed by atoms with Gasteiger partial charge in [0.15, 0.2) is 11.5 Å². The zero-order chi connectivity index (χ0) is 17.4. The Morgan fingerprint density at radius 3 is 2.44 bits per heavy atom. The van der Waals surface area contributed by atoms with Crippen LogP contribution in [0.5, 0.6) is 17.2 Å². The van der Waals surface area contributed by atoms with Crippen LogP contribution in [0.15, 0.2) is 48.5 Å². The molecule has 0 amide bonds. The van der Waals surface area contributed by atoms with Gasteiger partial charge in [-0.3, -0.25) is 4.79 Å². The van der Waals surface area contributed by atoms with E-state index in [1.165, 1.54) is 12.1 Å². The molecule has 1 atom stereocenters. The number of carbonyl (C=O) groups is 1. The van der Waals surface area contributed by atoms with Crippen LogP contribution < -0.4 is 10.5 Å². The third-order valence-corrected chi connectivity index (χ3v) is 3.43. The maximum atomic E-state index is 11.8. The number of ether oxygens (including phenoxy) is 2. The molecule has 0 spiro atoms. The molecule has 0 unspecified atom stereocenters. The largest absolute Gasteiger partial charge is 0.504 e. The van der Waals surface area contributed by atoms with E-state index < -0.39 is 12.0 Å². The van der Waals surface area contributed by atoms with Crippen molar-refractivity contribution in [3.05, 3.63) is 54.1 Å². The van der Waals surface area contributed by atoms with Gasteiger partial charge in [0, 0.05) is 0 Å². The van der Waals surface area contributed by atoms with E-state index in [9.17, 15) is 15.0 Å². The maximum absolute atomic E-state index is 11.8. The summed E-state index contributed by atoms with van der Waals surface area (Å²) < 4.78 is 10.5. The third-order valence-electron chi connectivity index (χ3n) is 3.43. The summed E-state index contributed by atoms with van der Waals surface area (Å²) in [5.74, 6) is -0.151. The zero-order valence-corrected chi connectivity index (χ0v) is 14.4. The average Bonchev–Trinajstić information content (AvgIpc) is 2.60. The predicted octanol–water partition coefficient (Wildman–Crippen LogP) is 2.40. The van der Waals surface area contributed by atoms with Crippen molar-refractivity contribution < 1.29 is 24.5 Å². The number of phenols is 2. The topological polar surface area (TPSA) is 102 Å². The second kappa shape index (κ2) is 10.4. The van der Waals surface area contributed by atoms with Gasteiger partial charge in [0.2, 0.25) is 0 Å². The first-order chi connectivity index (χ1) is 11.6. The van der Waals surface area contributed by atoms with Crippen molar-refractivity contribution in [1.82, 2.24) is 0 Å². The van der Waals surface area contributed by atoms with Crippen LogP contribution in [-0.2, 0) is 16.0 Å². The molecule has 25 heavy (non-hydrogen) atoms. The predicted molar refractivity (Wildman–Crippen MR) is 96.2 cm³/mol. The highest BCUT2D eigenvalue weighted by Crippen LogP contribution is 2.25. The van der Waals surface area contributed by atoms with Crippen molar-refractivity contribution in [3.63, 3.8) is 0 Å². The molecule has 7 heteroatoms. The van der Waals surface area contributed by atoms with Gasteiger partial charge in [0.05, 0.1) is 0 Å². The minimum Gasteiger partial charge on any atom is -0.504 e. The van der Waals surface area contributed by atoms with Crippen LogP contribution >= 0.6 is 12.4 Å². The molecule has 2 aromatic rings. The summed E-state index contributed by atoms with van der Waals surface area (Å²) in [7, 11) is 0. The monoisotopic (exact) mass is 367 g/mol. The molecule has 2 aromatic carbocycles. The molecule has 2 rings (SSSR count). The Kier molecular flexibility index (Phi) is 8.60. The molecule has 0 heterocycles. The summed E-state index contributed by atoms with van der Waals surface area (Å²) in [6, 6.07) is 13.0. The summed E-state index contributed by atoms with van der Waals surface area (Å²) in [5.41, 5.74) is 6.58. The number of esters is 1. The molecule has 0 radical (unpaired) electrons. The van der Waals surface area contributed by atoms with E-state index >= 15 is 0 Å². The van der Waals surface area contributed by atoms with E-state index in [4.69, 9.17) is 15.2 Å². The summed E-state index contributed by atoms with van der Waals surface area (Å²) >= 11 is 0. The van der Waals surface area contributed by atoms with Gasteiger partial charge < -0.3 is 25.4 Å². The number of phenolic OH excluding ortho intramolecular Hbond substituents is 2. The molecule has 0 saturated heterocycles. The Labute approximate surface area is 152 Å². The summed E-state index contributed by atoms with van der Waals surface area (Å²) in [4.78, 5) is 11.8. The average molecular weight is 368 g/mol. The van der Waals surface area contributed by atoms with E-state index in [-0.39, 0.29) is 37.1 Å². The highest BCUT2D eigenvalue weighted by atomic mass is 35.5. The third kappa shape index (κ3) is 6.91. The molecule has 4 N–H and O–H groups in total. The van der Waals surface area contributed by atoms with Gasteiger partial charge in [-0.2, -0.15) is 0 Å². The van der Waals surface area contributed by atoms with Crippen LogP contribution in [-0.4, -0.2) is 35.4 Å². The SMILES string of the molecule is Cl.N[C@@H](CCc1ccc(O)c(O)c1)C(=O)OCCOc1ccccc1. The first kappa shape index (κ1) is 20.6. The van der Waals surface area contributed by atoms with Crippen molar-refractivity contribution in [2.24, 2.45) is 5.73 Å². The molecule has 0 aliphatic rings. The molecule has 0 aliphatic heterocycles. The van der Waals surface area contributed by atoms with Gasteiger partial charge >= 0.3 is 5.97 Å². The fraction of sp³-hybridized carbons (Fsp3) is 0.278. The molecule has 0 bridgehead atoms. The zero-order valence-electron chi connectivity index (χ0n) is 13.6. The van der Waals surface area contributed by atoms with Crippen LogP contribution in [0, 0.1) is 0 Å². The van der Waals surface area contributed by atoms with Gasteiger partial charge in [-0.05, 0) is 42.7 Å². The molecule has 0 aliphatic carbocycles. The number of halogens is 1. The Bertz CT molecular complexity index is 666. The number of para-hydroxylation sites is 1. The number of carbonyl (C=O) groups excluding carboxylic acids is 1. The van der Waals surface area contributed by atoms with E-state index in [0.717, 1.165) is 5.56 Å². The molecule has 0 saturated carbocycles. The van der Waals surface area contributed by atoms with Crippen molar-refractivity contribution in [1.29, 1.82) is 0 Å². The fourth-order valence-electron chi connectivity index (χ4n) is 2.09. The van der Waals surface area contributed by atoms with Gasteiger partial charge in [-0.15, -0.1) is 12.4 Å². The van der Waals surface area contributed by atoms with Crippen LogP contribution in [0.25, 0.3) is 0 Å². The number of hydrogen-bond acceptors (Lipinski definition) is 6. The Morgan fingerprint density at radius 1 is 1.04 bits per heavy atom. The summed E-state index contributed by atoms with van der Waals surface area (Å²) in [6.45, 7) is 0.385. The molecular formula is C18H22ClNO5. The number of aromatic hydroxyl groups is 2. The van der Waals surface area contributed by atoms with Crippen molar-refractivity contribution in [2.45, 2.75) is 18.9 Å². The first-order valence-corrected chi connectivity index (χ1v) is 7.67. The number of hydrogen-bond donors (Lipinski definition) is 3. The highest BCUT2D eigenvalue weighted by molar-refractivity contribution is 5.85. The van der Waals surface area contributed by atoms with Gasteiger partial charge in [-0.25, -0.2) is 0 Å². The summed E-state index contributed by atoms with van der Waals surface area (Å²) in [6.07, 6.45) is 0.868. The normalized spacial score (nSPS) is 11.2. The number of aryl methyl sites for hydroxylation is 1. The van der Waals surface area contributed by atoms with E-state index in [1.54, 1.807) is 6.07 Å². The van der Waals surface area contributed by atoms with Gasteiger partial charge in [0.1, 0.15) is 25.0 Å². The molecular weight excluding hydrogens is 346 g/mol. The minimum atomic E-state index is -0.752. The van der Waals surface area contributed by atoms with E-state index in [1.807, 2.05) is 30.3 Å². The Hall–Kier alpha value is -2.44. The van der Waals surface area contributed by atoms with Crippen molar-refractivity contribution >= 4 is 18.4 Å². The maximum Gasteiger partial charge on any atom is 0.323 e. The van der Waals surface area contributed by atoms with E-state index in [0.29, 0.717) is 18.6 Å². The number of nitrogens with two attached hydrogens (primary N) is 1. The second-order valence-electron chi connectivity index (χ2n) is 5.30. The summed E-state index contributed by atoms with van der Waals surface area (Å²) in [5, 5.41) is 18.7. The lowest BCUT2D eigenvalue weighted by Crippen LogP contribution is -2.33. The molecule has 0 aromatic heterocycles. The van der Waals surface area contributed by atoms with E-state index in [2.05, 4.69) is 0 Å². The standard InChI is InChI=1S/C18H21NO5.ClH/c19-15(8-6-13-7-9-16(20)17(21)12-13)18(22)24-11-10-23-14-4-2-1-3-5-14;/h1-5,7,9,12,15,20-21H,6,8,10-11,19H2;1H/t15-;/m0./s1. The van der Waals surface area contributed by atoms with Crippen LogP contribution in [0.4, 0.5) is 0 Å². The Balaban J connectivity index is 0.00000312. The quantitative estimate of drug-likeness (QED) is 0.376. The van der Waals surface area contributed by atoms with Crippen LogP contribution in [0.3, 0.4) is 0 Å². The van der Waals surface area contributed by atoms with Crippen LogP contribution in [0.1, 0.15) is 12.0 Å². The highest BCUT2D eigenvalue weighted by Gasteiger charge is 2.15. The van der Waals surface area contributed by atoms with Crippen LogP contribution in [0.2, 0.25) is 0 Å². The lowest BCUT2D eigenvalue weighted by Gasteiger charge is -2.12. The smallest absolute Gasteiger partial charge is 0.323 e. The minimum absolute atomic E-state index is 0. The Morgan fingerprint density at radius 2 is 1.76 bits per heavy atom. The second-order valence-corrected chi connectivity index (χ2v) is 5.30. The first-order valence-electron chi connectivity index (χ1n) is 7.67. The van der Waals surface area contributed by atoms with Gasteiger partial charge in [0.25, 0.3) is 0 Å².